The van der Waals surface area contributed by atoms with E-state index in [4.69, 9.17) is 5.41 Å². The number of esters is 1. The second-order valence-electron chi connectivity index (χ2n) is 3.72. The van der Waals surface area contributed by atoms with E-state index in [1.54, 1.807) is 4.57 Å². The molecule has 0 radical (unpaired) electrons. The number of para-hydroxylation sites is 2. The Morgan fingerprint density at radius 2 is 1.83 bits per heavy atom. The fourth-order valence-electron chi connectivity index (χ4n) is 1.97. The molecule has 1 heterocycles. The Bertz CT molecular complexity index is 615. The molecule has 18 heavy (non-hydrogen) atoms. The molecular formula is C12H15BrN3O2-. The lowest BCUT2D eigenvalue weighted by atomic mass is 10.3. The second kappa shape index (κ2) is 5.86. The number of fused-ring (bicyclic) bond motifs is 1. The van der Waals surface area contributed by atoms with Crippen molar-refractivity contribution in [1.82, 2.24) is 9.13 Å². The van der Waals surface area contributed by atoms with E-state index in [2.05, 4.69) is 4.74 Å². The third kappa shape index (κ3) is 2.33. The number of imidazole rings is 1. The van der Waals surface area contributed by atoms with Crippen LogP contribution in [-0.4, -0.2) is 22.2 Å². The van der Waals surface area contributed by atoms with E-state index >= 15 is 0 Å². The van der Waals surface area contributed by atoms with Crippen molar-refractivity contribution in [2.45, 2.75) is 20.0 Å². The van der Waals surface area contributed by atoms with Crippen molar-refractivity contribution in [3.05, 3.63) is 29.9 Å². The first-order valence-corrected chi connectivity index (χ1v) is 5.48. The highest BCUT2D eigenvalue weighted by atomic mass is 79.9. The smallest absolute Gasteiger partial charge is 0.325 e. The van der Waals surface area contributed by atoms with Gasteiger partial charge in [0.2, 0.25) is 5.62 Å². The summed E-state index contributed by atoms with van der Waals surface area (Å²) in [5, 5.41) is 8.06. The highest BCUT2D eigenvalue weighted by Crippen LogP contribution is 2.12. The van der Waals surface area contributed by atoms with E-state index in [-0.39, 0.29) is 29.5 Å². The Labute approximate surface area is 115 Å². The summed E-state index contributed by atoms with van der Waals surface area (Å²) in [6, 6.07) is 7.68. The summed E-state index contributed by atoms with van der Waals surface area (Å²) in [5.74, 6) is -0.345. The molecule has 1 aromatic carbocycles. The molecule has 0 aliphatic heterocycles. The van der Waals surface area contributed by atoms with Crippen LogP contribution >= 0.6 is 0 Å². The summed E-state index contributed by atoms with van der Waals surface area (Å²) in [6.45, 7) is 2.75. The summed E-state index contributed by atoms with van der Waals surface area (Å²) in [6.07, 6.45) is 0. The molecule has 6 heteroatoms. The van der Waals surface area contributed by atoms with E-state index in [0.717, 1.165) is 11.0 Å². The molecule has 0 saturated carbocycles. The highest BCUT2D eigenvalue weighted by Gasteiger charge is 2.11. The predicted molar refractivity (Wildman–Crippen MR) is 63.5 cm³/mol. The molecule has 1 N–H and O–H groups in total. The van der Waals surface area contributed by atoms with E-state index in [1.165, 1.54) is 7.11 Å². The zero-order chi connectivity index (χ0) is 12.4. The van der Waals surface area contributed by atoms with Gasteiger partial charge in [0.25, 0.3) is 0 Å². The number of carbonyl (C=O) groups is 1. The molecule has 0 aliphatic rings. The summed E-state index contributed by atoms with van der Waals surface area (Å²) in [4.78, 5) is 11.3. The van der Waals surface area contributed by atoms with Crippen molar-refractivity contribution < 1.29 is 26.5 Å². The monoisotopic (exact) mass is 312 g/mol. The number of nitrogens with one attached hydrogen (secondary N) is 1. The lowest BCUT2D eigenvalue weighted by molar-refractivity contribution is -0.141. The Morgan fingerprint density at radius 3 is 2.33 bits per heavy atom. The Kier molecular flexibility index (Phi) is 4.72. The van der Waals surface area contributed by atoms with Gasteiger partial charge in [-0.15, -0.1) is 0 Å². The topological polar surface area (TPSA) is 60.0 Å². The number of aromatic nitrogens is 2. The van der Waals surface area contributed by atoms with E-state index in [9.17, 15) is 4.79 Å². The van der Waals surface area contributed by atoms with Crippen molar-refractivity contribution in [1.29, 1.82) is 5.41 Å². The molecule has 5 nitrogen and oxygen atoms in total. The summed E-state index contributed by atoms with van der Waals surface area (Å²) in [5.41, 5.74) is 2.16. The van der Waals surface area contributed by atoms with Gasteiger partial charge in [0.15, 0.2) is 0 Å². The maximum atomic E-state index is 11.3. The number of halogens is 1. The largest absolute Gasteiger partial charge is 1.00 e. The fraction of sp³-hybridized carbons (Fsp3) is 0.333. The third-order valence-electron chi connectivity index (χ3n) is 2.81. The SMILES string of the molecule is CCn1c(=N)n(CC(=O)OC)c2ccccc21.[Br-]. The lowest BCUT2D eigenvalue weighted by Gasteiger charge is -2.02. The third-order valence-corrected chi connectivity index (χ3v) is 2.81. The van der Waals surface area contributed by atoms with Crippen LogP contribution < -0.4 is 22.6 Å². The normalized spacial score (nSPS) is 10.1. The Hall–Kier alpha value is -1.56. The molecule has 0 aliphatic carbocycles. The van der Waals surface area contributed by atoms with Crippen molar-refractivity contribution in [3.63, 3.8) is 0 Å². The number of aryl methyl sites for hydroxylation is 1. The lowest BCUT2D eigenvalue weighted by Crippen LogP contribution is -3.00. The Morgan fingerprint density at radius 1 is 1.28 bits per heavy atom. The first kappa shape index (κ1) is 14.5. The van der Waals surface area contributed by atoms with Crippen LogP contribution in [-0.2, 0) is 22.6 Å². The number of nitrogens with zero attached hydrogens (tertiary/aromatic N) is 2. The van der Waals surface area contributed by atoms with Crippen LogP contribution in [0.5, 0.6) is 0 Å². The minimum Gasteiger partial charge on any atom is -1.00 e. The van der Waals surface area contributed by atoms with Gasteiger partial charge in [-0.25, -0.2) is 0 Å². The van der Waals surface area contributed by atoms with Gasteiger partial charge in [-0.05, 0) is 19.1 Å². The molecule has 0 bridgehead atoms. The van der Waals surface area contributed by atoms with Gasteiger partial charge < -0.3 is 26.3 Å². The van der Waals surface area contributed by atoms with Gasteiger partial charge in [0, 0.05) is 6.54 Å². The van der Waals surface area contributed by atoms with Gasteiger partial charge in [-0.1, -0.05) is 12.1 Å². The maximum absolute atomic E-state index is 11.3. The van der Waals surface area contributed by atoms with Crippen molar-refractivity contribution in [2.75, 3.05) is 7.11 Å². The summed E-state index contributed by atoms with van der Waals surface area (Å²) < 4.78 is 8.17. The minimum absolute atomic E-state index is 0. The quantitative estimate of drug-likeness (QED) is 0.674. The minimum atomic E-state index is -0.345. The van der Waals surface area contributed by atoms with Crippen LogP contribution in [0.1, 0.15) is 6.92 Å². The van der Waals surface area contributed by atoms with E-state index in [0.29, 0.717) is 12.2 Å². The van der Waals surface area contributed by atoms with Crippen LogP contribution in [0.25, 0.3) is 11.0 Å². The van der Waals surface area contributed by atoms with Crippen LogP contribution in [0.4, 0.5) is 0 Å². The molecule has 2 aromatic rings. The van der Waals surface area contributed by atoms with Gasteiger partial charge in [-0.2, -0.15) is 0 Å². The highest BCUT2D eigenvalue weighted by molar-refractivity contribution is 5.78. The number of ether oxygens (including phenoxy) is 1. The van der Waals surface area contributed by atoms with Gasteiger partial charge in [-0.3, -0.25) is 14.8 Å². The van der Waals surface area contributed by atoms with Gasteiger partial charge in [0.05, 0.1) is 18.1 Å². The zero-order valence-electron chi connectivity index (χ0n) is 10.3. The average molecular weight is 313 g/mol. The van der Waals surface area contributed by atoms with Crippen LogP contribution in [0, 0.1) is 5.41 Å². The van der Waals surface area contributed by atoms with Gasteiger partial charge in [0.1, 0.15) is 6.54 Å². The second-order valence-corrected chi connectivity index (χ2v) is 3.72. The summed E-state index contributed by atoms with van der Waals surface area (Å²) >= 11 is 0. The van der Waals surface area contributed by atoms with Crippen molar-refractivity contribution in [3.8, 4) is 0 Å². The van der Waals surface area contributed by atoms with Crippen LogP contribution in [0.2, 0.25) is 0 Å². The standard InChI is InChI=1S/C12H15N3O2.BrH/c1-3-14-9-6-4-5-7-10(9)15(12(14)13)8-11(16)17-2;/h4-7,13H,3,8H2,1-2H3;1H/p-1. The van der Waals surface area contributed by atoms with Crippen LogP contribution in [0.3, 0.4) is 0 Å². The molecule has 0 unspecified atom stereocenters. The predicted octanol–water partition coefficient (Wildman–Crippen LogP) is -1.88. The number of hydrogen-bond acceptors (Lipinski definition) is 3. The molecule has 0 saturated heterocycles. The van der Waals surface area contributed by atoms with Gasteiger partial charge >= 0.3 is 5.97 Å². The molecule has 0 spiro atoms. The first-order chi connectivity index (χ1) is 8.19. The maximum Gasteiger partial charge on any atom is 0.325 e. The molecule has 0 amide bonds. The van der Waals surface area contributed by atoms with E-state index in [1.807, 2.05) is 35.8 Å². The number of carbonyl (C=O) groups excluding carboxylic acids is 1. The van der Waals surface area contributed by atoms with E-state index < -0.39 is 0 Å². The van der Waals surface area contributed by atoms with Crippen molar-refractivity contribution >= 4 is 17.0 Å². The average Bonchev–Trinajstić information content (AvgIpc) is 2.62. The molecular weight excluding hydrogens is 298 g/mol. The van der Waals surface area contributed by atoms with Crippen molar-refractivity contribution in [2.24, 2.45) is 0 Å². The molecule has 0 atom stereocenters. The number of hydrogen-bond donors (Lipinski definition) is 1. The Balaban J connectivity index is 0.00000162. The molecule has 1 aromatic heterocycles. The summed E-state index contributed by atoms with van der Waals surface area (Å²) in [7, 11) is 1.35. The van der Waals surface area contributed by atoms with Crippen LogP contribution in [0.15, 0.2) is 24.3 Å². The number of rotatable bonds is 3. The molecule has 0 fully saturated rings. The first-order valence-electron chi connectivity index (χ1n) is 5.48. The fourth-order valence-corrected chi connectivity index (χ4v) is 1.97. The number of benzene rings is 1. The molecule has 2 rings (SSSR count). The molecule has 98 valence electrons. The number of methoxy groups -OCH3 is 1. The zero-order valence-corrected chi connectivity index (χ0v) is 11.9.